The minimum Gasteiger partial charge on any atom is -0.377 e. The van der Waals surface area contributed by atoms with E-state index < -0.39 is 8.07 Å². The molecule has 1 nitrogen and oxygen atoms in total. The first-order chi connectivity index (χ1) is 5.96. The van der Waals surface area contributed by atoms with Crippen molar-refractivity contribution in [2.24, 2.45) is 0 Å². The Kier molecular flexibility index (Phi) is 3.14. The van der Waals surface area contributed by atoms with E-state index >= 15 is 0 Å². The van der Waals surface area contributed by atoms with E-state index in [2.05, 4.69) is 38.7 Å². The summed E-state index contributed by atoms with van der Waals surface area (Å²) < 4.78 is 5.37. The van der Waals surface area contributed by atoms with Crippen LogP contribution in [0, 0.1) is 0 Å². The standard InChI is InChI=1S/C11H20OSi/c1-9(12-2)10-7-6-8-11(10)13(3,4)5/h6-7,9H,8H2,1-5H3. The topological polar surface area (TPSA) is 9.23 Å². The van der Waals surface area contributed by atoms with Gasteiger partial charge in [0.05, 0.1) is 14.2 Å². The summed E-state index contributed by atoms with van der Waals surface area (Å²) >= 11 is 0. The third kappa shape index (κ3) is 2.32. The molecule has 0 aromatic carbocycles. The van der Waals surface area contributed by atoms with Crippen molar-refractivity contribution < 1.29 is 4.74 Å². The van der Waals surface area contributed by atoms with Crippen molar-refractivity contribution in [3.8, 4) is 0 Å². The highest BCUT2D eigenvalue weighted by Gasteiger charge is 2.26. The minimum atomic E-state index is -1.13. The van der Waals surface area contributed by atoms with Crippen LogP contribution < -0.4 is 0 Å². The van der Waals surface area contributed by atoms with E-state index in [1.807, 2.05) is 0 Å². The Morgan fingerprint density at radius 1 is 1.38 bits per heavy atom. The molecule has 0 bridgehead atoms. The highest BCUT2D eigenvalue weighted by Crippen LogP contribution is 2.30. The average Bonchev–Trinajstić information content (AvgIpc) is 2.49. The Labute approximate surface area is 82.5 Å². The van der Waals surface area contributed by atoms with E-state index in [9.17, 15) is 0 Å². The first-order valence-corrected chi connectivity index (χ1v) is 8.39. The molecular weight excluding hydrogens is 176 g/mol. The third-order valence-electron chi connectivity index (χ3n) is 2.66. The summed E-state index contributed by atoms with van der Waals surface area (Å²) in [6.45, 7) is 9.33. The number of ether oxygens (including phenoxy) is 1. The van der Waals surface area contributed by atoms with Gasteiger partial charge in [-0.05, 0) is 18.9 Å². The fourth-order valence-electron chi connectivity index (χ4n) is 1.77. The number of rotatable bonds is 3. The lowest BCUT2D eigenvalue weighted by Gasteiger charge is -2.23. The molecule has 0 fully saturated rings. The van der Waals surface area contributed by atoms with E-state index in [-0.39, 0.29) is 6.10 Å². The Hall–Kier alpha value is -0.343. The number of hydrogen-bond donors (Lipinski definition) is 0. The average molecular weight is 196 g/mol. The normalized spacial score (nSPS) is 19.8. The summed E-state index contributed by atoms with van der Waals surface area (Å²) in [7, 11) is 0.654. The van der Waals surface area contributed by atoms with Crippen LogP contribution in [0.15, 0.2) is 22.9 Å². The van der Waals surface area contributed by atoms with E-state index in [0.717, 1.165) is 6.42 Å². The molecule has 0 spiro atoms. The molecule has 1 aliphatic carbocycles. The van der Waals surface area contributed by atoms with E-state index in [1.165, 1.54) is 5.57 Å². The molecule has 0 radical (unpaired) electrons. The molecule has 1 rings (SSSR count). The monoisotopic (exact) mass is 196 g/mol. The van der Waals surface area contributed by atoms with Crippen molar-refractivity contribution in [2.75, 3.05) is 7.11 Å². The SMILES string of the molecule is COC(C)C1=C([Si](C)(C)C)CC=C1. The van der Waals surface area contributed by atoms with E-state index in [0.29, 0.717) is 0 Å². The van der Waals surface area contributed by atoms with Crippen LogP contribution in [0.4, 0.5) is 0 Å². The maximum atomic E-state index is 5.37. The lowest BCUT2D eigenvalue weighted by molar-refractivity contribution is 0.149. The van der Waals surface area contributed by atoms with Gasteiger partial charge in [0.2, 0.25) is 0 Å². The molecular formula is C11H20OSi. The van der Waals surface area contributed by atoms with Gasteiger partial charge >= 0.3 is 0 Å². The highest BCUT2D eigenvalue weighted by molar-refractivity contribution is 6.83. The summed E-state index contributed by atoms with van der Waals surface area (Å²) in [5.41, 5.74) is 1.43. The molecule has 0 aromatic rings. The maximum Gasteiger partial charge on any atom is 0.0788 e. The highest BCUT2D eigenvalue weighted by atomic mass is 28.3. The molecule has 0 N–H and O–H groups in total. The quantitative estimate of drug-likeness (QED) is 0.630. The Morgan fingerprint density at radius 2 is 2.00 bits per heavy atom. The van der Waals surface area contributed by atoms with Crippen LogP contribution in [0.5, 0.6) is 0 Å². The van der Waals surface area contributed by atoms with Crippen LogP contribution >= 0.6 is 0 Å². The largest absolute Gasteiger partial charge is 0.377 e. The van der Waals surface area contributed by atoms with Crippen molar-refractivity contribution >= 4 is 8.07 Å². The zero-order valence-electron chi connectivity index (χ0n) is 9.35. The predicted octanol–water partition coefficient (Wildman–Crippen LogP) is 3.16. The van der Waals surface area contributed by atoms with Gasteiger partial charge in [-0.25, -0.2) is 0 Å². The van der Waals surface area contributed by atoms with Crippen molar-refractivity contribution in [3.63, 3.8) is 0 Å². The molecule has 1 atom stereocenters. The van der Waals surface area contributed by atoms with Gasteiger partial charge in [-0.3, -0.25) is 0 Å². The number of allylic oxidation sites excluding steroid dienone is 2. The van der Waals surface area contributed by atoms with Crippen LogP contribution in [0.2, 0.25) is 19.6 Å². The van der Waals surface area contributed by atoms with Crippen LogP contribution in [-0.2, 0) is 4.74 Å². The van der Waals surface area contributed by atoms with Gasteiger partial charge < -0.3 is 4.74 Å². The first-order valence-electron chi connectivity index (χ1n) is 4.89. The molecule has 1 unspecified atom stereocenters. The van der Waals surface area contributed by atoms with Crippen molar-refractivity contribution in [3.05, 3.63) is 22.9 Å². The predicted molar refractivity (Wildman–Crippen MR) is 60.6 cm³/mol. The van der Waals surface area contributed by atoms with Gasteiger partial charge in [0, 0.05) is 7.11 Å². The van der Waals surface area contributed by atoms with Crippen LogP contribution in [0.1, 0.15) is 13.3 Å². The Bertz CT molecular complexity index is 245. The third-order valence-corrected chi connectivity index (χ3v) is 4.97. The fraction of sp³-hybridized carbons (Fsp3) is 0.636. The van der Waals surface area contributed by atoms with E-state index in [1.54, 1.807) is 12.3 Å². The summed E-state index contributed by atoms with van der Waals surface area (Å²) in [6.07, 6.45) is 5.92. The van der Waals surface area contributed by atoms with Crippen molar-refractivity contribution in [1.82, 2.24) is 0 Å². The minimum absolute atomic E-state index is 0.264. The molecule has 1 aliphatic rings. The smallest absolute Gasteiger partial charge is 0.0788 e. The molecule has 0 saturated carbocycles. The van der Waals surface area contributed by atoms with Gasteiger partial charge in [-0.1, -0.05) is 37.0 Å². The second kappa shape index (κ2) is 3.80. The Morgan fingerprint density at radius 3 is 2.46 bits per heavy atom. The summed E-state index contributed by atoms with van der Waals surface area (Å²) in [5.74, 6) is 0. The molecule has 74 valence electrons. The molecule has 2 heteroatoms. The molecule has 0 saturated heterocycles. The summed E-state index contributed by atoms with van der Waals surface area (Å²) in [5, 5.41) is 1.65. The van der Waals surface area contributed by atoms with E-state index in [4.69, 9.17) is 4.74 Å². The lowest BCUT2D eigenvalue weighted by Crippen LogP contribution is -2.26. The molecule has 0 heterocycles. The van der Waals surface area contributed by atoms with Gasteiger partial charge in [0.1, 0.15) is 0 Å². The Balaban J connectivity index is 2.94. The fourth-order valence-corrected chi connectivity index (χ4v) is 3.65. The summed E-state index contributed by atoms with van der Waals surface area (Å²) in [4.78, 5) is 0. The zero-order valence-corrected chi connectivity index (χ0v) is 10.3. The van der Waals surface area contributed by atoms with Gasteiger partial charge in [0.15, 0.2) is 0 Å². The molecule has 0 aliphatic heterocycles. The van der Waals surface area contributed by atoms with Gasteiger partial charge in [-0.15, -0.1) is 0 Å². The number of hydrogen-bond acceptors (Lipinski definition) is 1. The summed E-state index contributed by atoms with van der Waals surface area (Å²) in [6, 6.07) is 0. The second-order valence-corrected chi connectivity index (χ2v) is 9.77. The lowest BCUT2D eigenvalue weighted by atomic mass is 10.2. The number of methoxy groups -OCH3 is 1. The maximum absolute atomic E-state index is 5.37. The van der Waals surface area contributed by atoms with Crippen LogP contribution in [0.25, 0.3) is 0 Å². The van der Waals surface area contributed by atoms with Crippen LogP contribution in [-0.4, -0.2) is 21.3 Å². The molecule has 0 aromatic heterocycles. The molecule has 0 amide bonds. The van der Waals surface area contributed by atoms with Gasteiger partial charge in [-0.2, -0.15) is 0 Å². The van der Waals surface area contributed by atoms with Crippen molar-refractivity contribution in [1.29, 1.82) is 0 Å². The van der Waals surface area contributed by atoms with Gasteiger partial charge in [0.25, 0.3) is 0 Å². The van der Waals surface area contributed by atoms with Crippen LogP contribution in [0.3, 0.4) is 0 Å². The van der Waals surface area contributed by atoms with Crippen molar-refractivity contribution in [2.45, 2.75) is 39.1 Å². The zero-order chi connectivity index (χ0) is 10.1. The second-order valence-electron chi connectivity index (χ2n) is 4.67. The first kappa shape index (κ1) is 10.7. The molecule has 13 heavy (non-hydrogen) atoms.